The second-order valence-corrected chi connectivity index (χ2v) is 4.61. The Morgan fingerprint density at radius 2 is 2.21 bits per heavy atom. The highest BCUT2D eigenvalue weighted by Crippen LogP contribution is 2.23. The molecular weight excluding hydrogens is 196 g/mol. The fourth-order valence-corrected chi connectivity index (χ4v) is 2.39. The number of aromatic nitrogens is 1. The lowest BCUT2D eigenvalue weighted by atomic mass is 10.1. The predicted octanol–water partition coefficient (Wildman–Crippen LogP) is 2.18. The van der Waals surface area contributed by atoms with Crippen molar-refractivity contribution in [3.8, 4) is 5.19 Å². The number of ether oxygens (including phenoxy) is 1. The summed E-state index contributed by atoms with van der Waals surface area (Å²) in [5.41, 5.74) is 6.05. The van der Waals surface area contributed by atoms with Crippen molar-refractivity contribution in [3.05, 3.63) is 11.6 Å². The fourth-order valence-electron chi connectivity index (χ4n) is 1.85. The van der Waals surface area contributed by atoms with Crippen molar-refractivity contribution in [2.45, 2.75) is 44.2 Å². The van der Waals surface area contributed by atoms with E-state index in [0.29, 0.717) is 0 Å². The van der Waals surface area contributed by atoms with Gasteiger partial charge in [-0.15, -0.1) is 0 Å². The van der Waals surface area contributed by atoms with Crippen LogP contribution in [0.5, 0.6) is 5.19 Å². The van der Waals surface area contributed by atoms with Gasteiger partial charge in [-0.1, -0.05) is 24.2 Å². The third-order valence-electron chi connectivity index (χ3n) is 2.67. The average Bonchev–Trinajstić information content (AvgIpc) is 2.60. The Morgan fingerprint density at radius 3 is 3.00 bits per heavy atom. The molecule has 0 aromatic carbocycles. The van der Waals surface area contributed by atoms with Crippen LogP contribution in [-0.4, -0.2) is 17.1 Å². The first-order valence-electron chi connectivity index (χ1n) is 5.18. The molecule has 1 aliphatic carbocycles. The van der Waals surface area contributed by atoms with E-state index in [2.05, 4.69) is 4.98 Å². The average molecular weight is 212 g/mol. The Hall–Kier alpha value is -0.610. The van der Waals surface area contributed by atoms with Gasteiger partial charge in [-0.25, -0.2) is 4.98 Å². The molecule has 2 unspecified atom stereocenters. The molecule has 3 nitrogen and oxygen atoms in total. The van der Waals surface area contributed by atoms with Crippen molar-refractivity contribution in [1.29, 1.82) is 0 Å². The molecule has 0 spiro atoms. The van der Waals surface area contributed by atoms with Gasteiger partial charge in [0.2, 0.25) is 0 Å². The molecule has 0 amide bonds. The van der Waals surface area contributed by atoms with Gasteiger partial charge in [0.05, 0.1) is 0 Å². The van der Waals surface area contributed by atoms with Crippen molar-refractivity contribution < 1.29 is 4.74 Å². The SMILES string of the molecule is NC1CCCCCC1Oc1nccs1. The molecule has 1 saturated carbocycles. The zero-order valence-electron chi connectivity index (χ0n) is 8.19. The minimum Gasteiger partial charge on any atom is -0.465 e. The third kappa shape index (κ3) is 2.45. The van der Waals surface area contributed by atoms with E-state index in [1.165, 1.54) is 30.6 Å². The molecule has 1 aliphatic rings. The van der Waals surface area contributed by atoms with Crippen molar-refractivity contribution in [2.75, 3.05) is 0 Å². The highest BCUT2D eigenvalue weighted by atomic mass is 32.1. The summed E-state index contributed by atoms with van der Waals surface area (Å²) in [4.78, 5) is 4.12. The monoisotopic (exact) mass is 212 g/mol. The molecule has 0 saturated heterocycles. The van der Waals surface area contributed by atoms with E-state index in [1.807, 2.05) is 5.38 Å². The van der Waals surface area contributed by atoms with Crippen LogP contribution in [0.25, 0.3) is 0 Å². The van der Waals surface area contributed by atoms with Crippen LogP contribution in [0.1, 0.15) is 32.1 Å². The van der Waals surface area contributed by atoms with E-state index >= 15 is 0 Å². The number of nitrogens with zero attached hydrogens (tertiary/aromatic N) is 1. The number of nitrogens with two attached hydrogens (primary N) is 1. The first-order chi connectivity index (χ1) is 6.86. The second kappa shape index (κ2) is 4.75. The standard InChI is InChI=1S/C10H16N2OS/c11-8-4-2-1-3-5-9(8)13-10-12-6-7-14-10/h6-9H,1-5,11H2. The maximum absolute atomic E-state index is 6.05. The molecular formula is C10H16N2OS. The molecule has 78 valence electrons. The van der Waals surface area contributed by atoms with Crippen molar-refractivity contribution >= 4 is 11.3 Å². The molecule has 2 rings (SSSR count). The zero-order valence-corrected chi connectivity index (χ0v) is 9.00. The maximum Gasteiger partial charge on any atom is 0.273 e. The maximum atomic E-state index is 6.05. The van der Waals surface area contributed by atoms with Crippen molar-refractivity contribution in [3.63, 3.8) is 0 Å². The van der Waals surface area contributed by atoms with Crippen LogP contribution in [0.15, 0.2) is 11.6 Å². The fraction of sp³-hybridized carbons (Fsp3) is 0.700. The van der Waals surface area contributed by atoms with E-state index < -0.39 is 0 Å². The van der Waals surface area contributed by atoms with Crippen LogP contribution < -0.4 is 10.5 Å². The summed E-state index contributed by atoms with van der Waals surface area (Å²) >= 11 is 1.54. The Bertz CT molecular complexity index is 263. The topological polar surface area (TPSA) is 48.1 Å². The van der Waals surface area contributed by atoms with Gasteiger partial charge in [0, 0.05) is 17.6 Å². The smallest absolute Gasteiger partial charge is 0.273 e. The van der Waals surface area contributed by atoms with Crippen LogP contribution in [0.2, 0.25) is 0 Å². The first-order valence-corrected chi connectivity index (χ1v) is 6.06. The van der Waals surface area contributed by atoms with Gasteiger partial charge < -0.3 is 10.5 Å². The lowest BCUT2D eigenvalue weighted by Gasteiger charge is -2.20. The predicted molar refractivity (Wildman–Crippen MR) is 57.6 cm³/mol. The number of rotatable bonds is 2. The van der Waals surface area contributed by atoms with Crippen LogP contribution in [0, 0.1) is 0 Å². The van der Waals surface area contributed by atoms with Gasteiger partial charge in [-0.2, -0.15) is 0 Å². The molecule has 0 aliphatic heterocycles. The first kappa shape index (κ1) is 9.93. The Kier molecular flexibility index (Phi) is 3.37. The summed E-state index contributed by atoms with van der Waals surface area (Å²) in [5, 5.41) is 2.68. The summed E-state index contributed by atoms with van der Waals surface area (Å²) in [7, 11) is 0. The van der Waals surface area contributed by atoms with Gasteiger partial charge >= 0.3 is 0 Å². The molecule has 1 fully saturated rings. The summed E-state index contributed by atoms with van der Waals surface area (Å²) in [6, 6.07) is 0.182. The summed E-state index contributed by atoms with van der Waals surface area (Å²) in [6.45, 7) is 0. The van der Waals surface area contributed by atoms with Gasteiger partial charge in [0.25, 0.3) is 5.19 Å². The quantitative estimate of drug-likeness (QED) is 0.764. The number of thiazole rings is 1. The van der Waals surface area contributed by atoms with Crippen molar-refractivity contribution in [2.24, 2.45) is 5.73 Å². The highest BCUT2D eigenvalue weighted by molar-refractivity contribution is 7.11. The zero-order chi connectivity index (χ0) is 9.80. The lowest BCUT2D eigenvalue weighted by molar-refractivity contribution is 0.162. The third-order valence-corrected chi connectivity index (χ3v) is 3.33. The molecule has 0 radical (unpaired) electrons. The number of hydrogen-bond donors (Lipinski definition) is 1. The number of hydrogen-bond acceptors (Lipinski definition) is 4. The van der Waals surface area contributed by atoms with E-state index in [0.717, 1.165) is 18.0 Å². The second-order valence-electron chi connectivity index (χ2n) is 3.76. The van der Waals surface area contributed by atoms with Crippen LogP contribution in [0.3, 0.4) is 0 Å². The Morgan fingerprint density at radius 1 is 1.36 bits per heavy atom. The lowest BCUT2D eigenvalue weighted by Crippen LogP contribution is -2.37. The van der Waals surface area contributed by atoms with Crippen LogP contribution >= 0.6 is 11.3 Å². The Labute approximate surface area is 88.3 Å². The van der Waals surface area contributed by atoms with E-state index in [1.54, 1.807) is 6.20 Å². The van der Waals surface area contributed by atoms with Gasteiger partial charge in [0.15, 0.2) is 0 Å². The molecule has 1 aromatic heterocycles. The molecule has 4 heteroatoms. The largest absolute Gasteiger partial charge is 0.465 e. The normalized spacial score (nSPS) is 28.4. The molecule has 2 atom stereocenters. The van der Waals surface area contributed by atoms with Crippen LogP contribution in [-0.2, 0) is 0 Å². The minimum atomic E-state index is 0.170. The van der Waals surface area contributed by atoms with Gasteiger partial charge in [0.1, 0.15) is 6.10 Å². The molecule has 1 aromatic rings. The summed E-state index contributed by atoms with van der Waals surface area (Å²) in [6.07, 6.45) is 7.83. The Balaban J connectivity index is 1.94. The van der Waals surface area contributed by atoms with E-state index in [9.17, 15) is 0 Å². The molecule has 0 bridgehead atoms. The molecule has 2 N–H and O–H groups in total. The van der Waals surface area contributed by atoms with Gasteiger partial charge in [-0.05, 0) is 19.3 Å². The van der Waals surface area contributed by atoms with E-state index in [-0.39, 0.29) is 12.1 Å². The summed E-state index contributed by atoms with van der Waals surface area (Å²) < 4.78 is 5.77. The van der Waals surface area contributed by atoms with Crippen LogP contribution in [0.4, 0.5) is 0 Å². The molecule has 14 heavy (non-hydrogen) atoms. The van der Waals surface area contributed by atoms with E-state index in [4.69, 9.17) is 10.5 Å². The van der Waals surface area contributed by atoms with Crippen molar-refractivity contribution in [1.82, 2.24) is 4.98 Å². The minimum absolute atomic E-state index is 0.170. The summed E-state index contributed by atoms with van der Waals surface area (Å²) in [5.74, 6) is 0. The van der Waals surface area contributed by atoms with Gasteiger partial charge in [-0.3, -0.25) is 0 Å². The highest BCUT2D eigenvalue weighted by Gasteiger charge is 2.22. The molecule has 1 heterocycles.